The number of aliphatic carboxylic acids is 1. The van der Waals surface area contributed by atoms with E-state index < -0.39 is 18.1 Å². The predicted molar refractivity (Wildman–Crippen MR) is 57.0 cm³/mol. The summed E-state index contributed by atoms with van der Waals surface area (Å²) in [6, 6.07) is 2.94. The lowest BCUT2D eigenvalue weighted by atomic mass is 10.0. The number of nitrogens with two attached hydrogens (primary N) is 1. The summed E-state index contributed by atoms with van der Waals surface area (Å²) < 4.78 is 0. The summed E-state index contributed by atoms with van der Waals surface area (Å²) in [4.78, 5) is 10.5. The average molecular weight is 250 g/mol. The Hall–Kier alpha value is -0.810. The molecule has 6 heteroatoms. The Morgan fingerprint density at radius 3 is 2.40 bits per heavy atom. The highest BCUT2D eigenvalue weighted by Crippen LogP contribution is 2.26. The fourth-order valence-corrected chi connectivity index (χ4v) is 1.35. The molecule has 0 saturated heterocycles. The molecule has 82 valence electrons. The number of aliphatic hydroxyl groups excluding tert-OH is 1. The standard InChI is InChI=1S/C9H9Cl2NO3/c10-5-2-1-4(3-6(5)11)8(13)7(12)9(14)15/h1-3,7-8,13H,12H2,(H,14,15). The van der Waals surface area contributed by atoms with Gasteiger partial charge in [-0.25, -0.2) is 0 Å². The van der Waals surface area contributed by atoms with Crippen molar-refractivity contribution in [3.63, 3.8) is 0 Å². The van der Waals surface area contributed by atoms with E-state index in [2.05, 4.69) is 0 Å². The minimum Gasteiger partial charge on any atom is -0.480 e. The van der Waals surface area contributed by atoms with Gasteiger partial charge < -0.3 is 15.9 Å². The quantitative estimate of drug-likeness (QED) is 0.757. The molecule has 2 unspecified atom stereocenters. The lowest BCUT2D eigenvalue weighted by Crippen LogP contribution is -2.36. The molecule has 1 aromatic carbocycles. The van der Waals surface area contributed by atoms with Gasteiger partial charge in [0.1, 0.15) is 12.1 Å². The van der Waals surface area contributed by atoms with E-state index in [0.717, 1.165) is 0 Å². The largest absolute Gasteiger partial charge is 0.480 e. The highest BCUT2D eigenvalue weighted by atomic mass is 35.5. The van der Waals surface area contributed by atoms with Crippen molar-refractivity contribution in [1.82, 2.24) is 0 Å². The van der Waals surface area contributed by atoms with Gasteiger partial charge in [0, 0.05) is 0 Å². The fourth-order valence-electron chi connectivity index (χ4n) is 1.04. The molecule has 0 fully saturated rings. The molecule has 0 radical (unpaired) electrons. The first-order valence-electron chi connectivity index (χ1n) is 4.05. The fraction of sp³-hybridized carbons (Fsp3) is 0.222. The Labute approximate surface area is 96.2 Å². The van der Waals surface area contributed by atoms with E-state index in [1.807, 2.05) is 0 Å². The zero-order chi connectivity index (χ0) is 11.6. The summed E-state index contributed by atoms with van der Waals surface area (Å²) in [6.07, 6.45) is -1.31. The van der Waals surface area contributed by atoms with Crippen molar-refractivity contribution in [3.05, 3.63) is 33.8 Å². The van der Waals surface area contributed by atoms with Gasteiger partial charge in [-0.15, -0.1) is 0 Å². The van der Waals surface area contributed by atoms with Crippen LogP contribution in [0.15, 0.2) is 18.2 Å². The van der Waals surface area contributed by atoms with Gasteiger partial charge >= 0.3 is 5.97 Å². The minimum absolute atomic E-state index is 0.241. The van der Waals surface area contributed by atoms with E-state index in [-0.39, 0.29) is 5.02 Å². The second kappa shape index (κ2) is 4.81. The van der Waals surface area contributed by atoms with Crippen LogP contribution in [0, 0.1) is 0 Å². The molecule has 0 amide bonds. The lowest BCUT2D eigenvalue weighted by Gasteiger charge is -2.15. The number of aliphatic hydroxyl groups is 1. The van der Waals surface area contributed by atoms with Crippen LogP contribution in [0.5, 0.6) is 0 Å². The second-order valence-corrected chi connectivity index (χ2v) is 3.80. The van der Waals surface area contributed by atoms with Crippen LogP contribution in [-0.2, 0) is 4.79 Å². The van der Waals surface area contributed by atoms with Crippen molar-refractivity contribution in [1.29, 1.82) is 0 Å². The molecule has 0 bridgehead atoms. The lowest BCUT2D eigenvalue weighted by molar-refractivity contribution is -0.141. The highest BCUT2D eigenvalue weighted by Gasteiger charge is 2.23. The molecule has 2 atom stereocenters. The van der Waals surface area contributed by atoms with Gasteiger partial charge in [-0.2, -0.15) is 0 Å². The highest BCUT2D eigenvalue weighted by molar-refractivity contribution is 6.42. The van der Waals surface area contributed by atoms with Gasteiger partial charge in [-0.3, -0.25) is 4.79 Å². The van der Waals surface area contributed by atoms with Gasteiger partial charge in [0.05, 0.1) is 10.0 Å². The first-order chi connectivity index (χ1) is 6.93. The van der Waals surface area contributed by atoms with Crippen LogP contribution < -0.4 is 5.73 Å². The molecule has 0 aliphatic rings. The molecule has 0 saturated carbocycles. The van der Waals surface area contributed by atoms with Crippen LogP contribution in [0.3, 0.4) is 0 Å². The molecular formula is C9H9Cl2NO3. The topological polar surface area (TPSA) is 83.6 Å². The maximum absolute atomic E-state index is 10.5. The zero-order valence-corrected chi connectivity index (χ0v) is 9.03. The van der Waals surface area contributed by atoms with Crippen LogP contribution in [-0.4, -0.2) is 22.2 Å². The van der Waals surface area contributed by atoms with Crippen molar-refractivity contribution in [2.75, 3.05) is 0 Å². The number of carboxylic acids is 1. The van der Waals surface area contributed by atoms with Gasteiger partial charge in [-0.1, -0.05) is 29.3 Å². The van der Waals surface area contributed by atoms with E-state index in [9.17, 15) is 9.90 Å². The number of hydrogen-bond donors (Lipinski definition) is 3. The Balaban J connectivity index is 2.96. The number of hydrogen-bond acceptors (Lipinski definition) is 3. The van der Waals surface area contributed by atoms with Crippen molar-refractivity contribution < 1.29 is 15.0 Å². The number of rotatable bonds is 3. The summed E-state index contributed by atoms with van der Waals surface area (Å²) in [7, 11) is 0. The van der Waals surface area contributed by atoms with Gasteiger partial charge in [0.25, 0.3) is 0 Å². The smallest absolute Gasteiger partial charge is 0.323 e. The van der Waals surface area contributed by atoms with Crippen LogP contribution in [0.4, 0.5) is 0 Å². The van der Waals surface area contributed by atoms with E-state index in [4.69, 9.17) is 34.0 Å². The number of halogens is 2. The first kappa shape index (κ1) is 12.3. The molecule has 1 aromatic rings. The molecule has 0 spiro atoms. The molecule has 15 heavy (non-hydrogen) atoms. The van der Waals surface area contributed by atoms with Crippen LogP contribution >= 0.6 is 23.2 Å². The molecular weight excluding hydrogens is 241 g/mol. The summed E-state index contributed by atoms with van der Waals surface area (Å²) in [5.74, 6) is -1.28. The SMILES string of the molecule is NC(C(=O)O)C(O)c1ccc(Cl)c(Cl)c1. The molecule has 0 heterocycles. The molecule has 0 aliphatic heterocycles. The summed E-state index contributed by atoms with van der Waals surface area (Å²) in [5.41, 5.74) is 5.57. The molecule has 1 rings (SSSR count). The van der Waals surface area contributed by atoms with Crippen LogP contribution in [0.2, 0.25) is 10.0 Å². The summed E-state index contributed by atoms with van der Waals surface area (Å²) in [5, 5.41) is 18.7. The molecule has 0 aromatic heterocycles. The van der Waals surface area contributed by atoms with E-state index >= 15 is 0 Å². The Morgan fingerprint density at radius 2 is 1.93 bits per heavy atom. The van der Waals surface area contributed by atoms with Gasteiger partial charge in [0.2, 0.25) is 0 Å². The third-order valence-electron chi connectivity index (χ3n) is 1.91. The second-order valence-electron chi connectivity index (χ2n) is 2.98. The number of benzene rings is 1. The van der Waals surface area contributed by atoms with Crippen LogP contribution in [0.25, 0.3) is 0 Å². The van der Waals surface area contributed by atoms with Crippen molar-refractivity contribution in [2.24, 2.45) is 5.73 Å². The Kier molecular flexibility index (Phi) is 3.93. The molecule has 4 nitrogen and oxygen atoms in total. The normalized spacial score (nSPS) is 14.7. The summed E-state index contributed by atoms with van der Waals surface area (Å²) >= 11 is 11.4. The molecule has 0 aliphatic carbocycles. The van der Waals surface area contributed by atoms with E-state index in [0.29, 0.717) is 10.6 Å². The first-order valence-corrected chi connectivity index (χ1v) is 4.80. The average Bonchev–Trinajstić information content (AvgIpc) is 2.19. The molecule has 4 N–H and O–H groups in total. The maximum atomic E-state index is 10.5. The van der Waals surface area contributed by atoms with Gasteiger partial charge in [0.15, 0.2) is 0 Å². The Morgan fingerprint density at radius 1 is 1.33 bits per heavy atom. The Bertz CT molecular complexity index is 384. The van der Waals surface area contributed by atoms with Crippen molar-refractivity contribution in [3.8, 4) is 0 Å². The zero-order valence-electron chi connectivity index (χ0n) is 7.52. The number of carbonyl (C=O) groups is 1. The maximum Gasteiger partial charge on any atom is 0.323 e. The summed E-state index contributed by atoms with van der Waals surface area (Å²) in [6.45, 7) is 0. The third-order valence-corrected chi connectivity index (χ3v) is 2.65. The number of carboxylic acid groups (broad SMARTS) is 1. The van der Waals surface area contributed by atoms with E-state index in [1.165, 1.54) is 18.2 Å². The third kappa shape index (κ3) is 2.82. The predicted octanol–water partition coefficient (Wildman–Crippen LogP) is 1.44. The monoisotopic (exact) mass is 249 g/mol. The van der Waals surface area contributed by atoms with Crippen LogP contribution in [0.1, 0.15) is 11.7 Å². The van der Waals surface area contributed by atoms with E-state index in [1.54, 1.807) is 0 Å². The minimum atomic E-state index is -1.39. The van der Waals surface area contributed by atoms with Crippen molar-refractivity contribution >= 4 is 29.2 Å². The van der Waals surface area contributed by atoms with Gasteiger partial charge in [-0.05, 0) is 17.7 Å². The van der Waals surface area contributed by atoms with Crippen molar-refractivity contribution in [2.45, 2.75) is 12.1 Å².